The Kier molecular flexibility index (Phi) is 10.0. The molecule has 1 aliphatic carbocycles. The lowest BCUT2D eigenvalue weighted by atomic mass is 10.0. The van der Waals surface area contributed by atoms with Crippen LogP contribution in [0.5, 0.6) is 5.75 Å². The molecule has 3 saturated heterocycles. The van der Waals surface area contributed by atoms with Gasteiger partial charge < -0.3 is 20.3 Å². The highest BCUT2D eigenvalue weighted by Crippen LogP contribution is 2.42. The van der Waals surface area contributed by atoms with E-state index in [9.17, 15) is 18.0 Å². The predicted octanol–water partition coefficient (Wildman–Crippen LogP) is 6.14. The molecule has 1 atom stereocenters. The highest BCUT2D eigenvalue weighted by molar-refractivity contribution is 6.02. The van der Waals surface area contributed by atoms with Crippen molar-refractivity contribution >= 4 is 34.6 Å². The van der Waals surface area contributed by atoms with Crippen molar-refractivity contribution in [3.8, 4) is 5.75 Å². The first-order chi connectivity index (χ1) is 24.6. The molecule has 51 heavy (non-hydrogen) atoms. The standard InChI is InChI=1S/C36H42F4N8O3/c1-3-34(49)44-27-19-28(31(50-2)20-30(27)47-12-9-24(10-13-47)46-16-14-45(15-17-46)23-7-8-23)43-32-21-33(42-22-41-32)48-29(11-18-51-48)25-5-4-6-26(35(25)37)36(38,39)40/h3-6,19-24,29H,1,7-18H2,2H3,(H,44,49)(H,41,42,43)/t29-/m1/s1. The second kappa shape index (κ2) is 14.6. The summed E-state index contributed by atoms with van der Waals surface area (Å²) in [6.45, 7) is 9.90. The summed E-state index contributed by atoms with van der Waals surface area (Å²) in [5, 5.41) is 7.47. The van der Waals surface area contributed by atoms with Gasteiger partial charge in [0.15, 0.2) is 5.82 Å². The Labute approximate surface area is 294 Å². The van der Waals surface area contributed by atoms with Gasteiger partial charge in [0.2, 0.25) is 5.91 Å². The summed E-state index contributed by atoms with van der Waals surface area (Å²) in [6, 6.07) is 8.90. The summed E-state index contributed by atoms with van der Waals surface area (Å²) in [5.41, 5.74) is 0.409. The van der Waals surface area contributed by atoms with Gasteiger partial charge in [0.05, 0.1) is 42.4 Å². The van der Waals surface area contributed by atoms with Crippen LogP contribution in [0.3, 0.4) is 0 Å². The van der Waals surface area contributed by atoms with Gasteiger partial charge in [-0.3, -0.25) is 19.4 Å². The van der Waals surface area contributed by atoms with Gasteiger partial charge in [0.1, 0.15) is 23.7 Å². The minimum atomic E-state index is -4.84. The van der Waals surface area contributed by atoms with Crippen LogP contribution in [0.4, 0.5) is 46.3 Å². The number of anilines is 5. The fourth-order valence-corrected chi connectivity index (χ4v) is 7.44. The van der Waals surface area contributed by atoms with Gasteiger partial charge in [-0.1, -0.05) is 18.7 Å². The Morgan fingerprint density at radius 3 is 2.31 bits per heavy atom. The third-order valence-electron chi connectivity index (χ3n) is 10.2. The Hall–Kier alpha value is -4.47. The first kappa shape index (κ1) is 35.0. The van der Waals surface area contributed by atoms with E-state index in [-0.39, 0.29) is 30.3 Å². The lowest BCUT2D eigenvalue weighted by Gasteiger charge is -2.43. The van der Waals surface area contributed by atoms with Crippen LogP contribution in [-0.4, -0.2) is 90.7 Å². The van der Waals surface area contributed by atoms with Crippen molar-refractivity contribution in [2.75, 3.05) is 73.6 Å². The number of hydrogen-bond donors (Lipinski definition) is 2. The summed E-state index contributed by atoms with van der Waals surface area (Å²) in [4.78, 5) is 34.4. The van der Waals surface area contributed by atoms with Crippen molar-refractivity contribution in [2.45, 2.75) is 56.4 Å². The largest absolute Gasteiger partial charge is 0.494 e. The minimum Gasteiger partial charge on any atom is -0.494 e. The van der Waals surface area contributed by atoms with Gasteiger partial charge in [0, 0.05) is 75.5 Å². The number of piperazine rings is 1. The highest BCUT2D eigenvalue weighted by atomic mass is 19.4. The molecule has 1 amide bonds. The molecule has 4 heterocycles. The number of methoxy groups -OCH3 is 1. The Balaban J connectivity index is 1.09. The van der Waals surface area contributed by atoms with Crippen molar-refractivity contribution in [1.82, 2.24) is 19.8 Å². The van der Waals surface area contributed by atoms with E-state index >= 15 is 4.39 Å². The van der Waals surface area contributed by atoms with E-state index in [0.29, 0.717) is 29.0 Å². The number of alkyl halides is 3. The van der Waals surface area contributed by atoms with Crippen LogP contribution < -0.4 is 25.3 Å². The maximum atomic E-state index is 15.1. The number of rotatable bonds is 10. The molecule has 7 rings (SSSR count). The van der Waals surface area contributed by atoms with E-state index in [1.807, 2.05) is 6.07 Å². The van der Waals surface area contributed by atoms with E-state index in [4.69, 9.17) is 9.57 Å². The van der Waals surface area contributed by atoms with Crippen molar-refractivity contribution in [2.24, 2.45) is 0 Å². The van der Waals surface area contributed by atoms with Crippen molar-refractivity contribution in [3.05, 3.63) is 72.3 Å². The van der Waals surface area contributed by atoms with Gasteiger partial charge in [-0.2, -0.15) is 13.2 Å². The van der Waals surface area contributed by atoms with Crippen LogP contribution >= 0.6 is 0 Å². The fraction of sp³-hybridized carbons (Fsp3) is 0.472. The number of piperidine rings is 1. The number of hydroxylamine groups is 1. The molecule has 3 aliphatic heterocycles. The van der Waals surface area contributed by atoms with Crippen molar-refractivity contribution in [1.29, 1.82) is 0 Å². The van der Waals surface area contributed by atoms with E-state index in [1.54, 1.807) is 19.2 Å². The third-order valence-corrected chi connectivity index (χ3v) is 10.2. The molecule has 1 saturated carbocycles. The summed E-state index contributed by atoms with van der Waals surface area (Å²) >= 11 is 0. The molecule has 272 valence electrons. The number of nitrogens with zero attached hydrogens (tertiary/aromatic N) is 6. The van der Waals surface area contributed by atoms with E-state index in [1.165, 1.54) is 42.4 Å². The normalized spacial score (nSPS) is 20.8. The first-order valence-electron chi connectivity index (χ1n) is 17.4. The average molecular weight is 711 g/mol. The quantitative estimate of drug-likeness (QED) is 0.189. The van der Waals surface area contributed by atoms with Gasteiger partial charge in [-0.05, 0) is 43.9 Å². The molecule has 0 bridgehead atoms. The smallest absolute Gasteiger partial charge is 0.419 e. The zero-order valence-corrected chi connectivity index (χ0v) is 28.5. The van der Waals surface area contributed by atoms with Crippen LogP contribution in [0.2, 0.25) is 0 Å². The number of ether oxygens (including phenoxy) is 1. The molecule has 0 unspecified atom stereocenters. The van der Waals surface area contributed by atoms with E-state index in [0.717, 1.165) is 69.9 Å². The summed E-state index contributed by atoms with van der Waals surface area (Å²) in [6.07, 6.45) is 2.59. The van der Waals surface area contributed by atoms with Crippen LogP contribution in [0, 0.1) is 5.82 Å². The number of amides is 1. The number of hydrogen-bond acceptors (Lipinski definition) is 10. The number of carbonyl (C=O) groups excluding carboxylic acids is 1. The molecular weight excluding hydrogens is 668 g/mol. The number of nitrogens with one attached hydrogen (secondary N) is 2. The molecule has 4 aliphatic rings. The molecule has 2 aromatic carbocycles. The summed E-state index contributed by atoms with van der Waals surface area (Å²) in [7, 11) is 1.55. The SMILES string of the molecule is C=CC(=O)Nc1cc(Nc2cc(N3OCC[C@@H]3c3cccc(C(F)(F)F)c3F)ncn2)c(OC)cc1N1CCC(N2CCN(C3CC3)CC2)CC1. The van der Waals surface area contributed by atoms with Gasteiger partial charge >= 0.3 is 6.18 Å². The topological polar surface area (TPSA) is 98.3 Å². The van der Waals surface area contributed by atoms with Crippen LogP contribution in [0.1, 0.15) is 49.3 Å². The Bertz CT molecular complexity index is 1740. The molecule has 1 aromatic heterocycles. The maximum Gasteiger partial charge on any atom is 0.419 e. The number of benzene rings is 2. The molecular formula is C36H42F4N8O3. The van der Waals surface area contributed by atoms with Gasteiger partial charge in [-0.15, -0.1) is 0 Å². The van der Waals surface area contributed by atoms with Crippen LogP contribution in [-0.2, 0) is 15.8 Å². The number of carbonyl (C=O) groups is 1. The first-order valence-corrected chi connectivity index (χ1v) is 17.4. The molecule has 2 N–H and O–H groups in total. The lowest BCUT2D eigenvalue weighted by Crippen LogP contribution is -2.53. The summed E-state index contributed by atoms with van der Waals surface area (Å²) < 4.78 is 61.3. The van der Waals surface area contributed by atoms with E-state index < -0.39 is 23.6 Å². The van der Waals surface area contributed by atoms with Crippen molar-refractivity contribution < 1.29 is 31.9 Å². The molecule has 0 spiro atoms. The van der Waals surface area contributed by atoms with Gasteiger partial charge in [0.25, 0.3) is 0 Å². The molecule has 4 fully saturated rings. The number of halogens is 4. The van der Waals surface area contributed by atoms with Crippen LogP contribution in [0.15, 0.2) is 55.4 Å². The monoisotopic (exact) mass is 710 g/mol. The minimum absolute atomic E-state index is 0.143. The summed E-state index contributed by atoms with van der Waals surface area (Å²) in [5.74, 6) is -0.666. The molecule has 15 heteroatoms. The molecule has 3 aromatic rings. The Morgan fingerprint density at radius 1 is 0.961 bits per heavy atom. The zero-order chi connectivity index (χ0) is 35.7. The number of aromatic nitrogens is 2. The zero-order valence-electron chi connectivity index (χ0n) is 28.5. The average Bonchev–Trinajstić information content (AvgIpc) is 3.87. The lowest BCUT2D eigenvalue weighted by molar-refractivity contribution is -0.140. The van der Waals surface area contributed by atoms with Crippen LogP contribution in [0.25, 0.3) is 0 Å². The van der Waals surface area contributed by atoms with Gasteiger partial charge in [-0.25, -0.2) is 19.4 Å². The predicted molar refractivity (Wildman–Crippen MR) is 186 cm³/mol. The second-order valence-corrected chi connectivity index (χ2v) is 13.3. The fourth-order valence-electron chi connectivity index (χ4n) is 7.44. The van der Waals surface area contributed by atoms with E-state index in [2.05, 4.69) is 41.9 Å². The molecule has 11 nitrogen and oxygen atoms in total. The third kappa shape index (κ3) is 7.60. The maximum absolute atomic E-state index is 15.1. The molecule has 0 radical (unpaired) electrons. The van der Waals surface area contributed by atoms with Crippen molar-refractivity contribution in [3.63, 3.8) is 0 Å². The second-order valence-electron chi connectivity index (χ2n) is 13.3. The Morgan fingerprint density at radius 2 is 1.67 bits per heavy atom. The highest BCUT2D eigenvalue weighted by Gasteiger charge is 2.39.